The van der Waals surface area contributed by atoms with Gasteiger partial charge in [0.2, 0.25) is 0 Å². The van der Waals surface area contributed by atoms with E-state index < -0.39 is 10.1 Å². The molecule has 0 N–H and O–H groups in total. The fourth-order valence-corrected chi connectivity index (χ4v) is 2.87. The SMILES string of the molecule is CCCOS(=O)(=O)c1c(C)cccc1C. The van der Waals surface area contributed by atoms with Crippen LogP contribution in [0.15, 0.2) is 23.1 Å². The number of hydrogen-bond donors (Lipinski definition) is 0. The summed E-state index contributed by atoms with van der Waals surface area (Å²) < 4.78 is 28.5. The van der Waals surface area contributed by atoms with E-state index in [1.807, 2.05) is 13.0 Å². The quantitative estimate of drug-likeness (QED) is 0.743. The Morgan fingerprint density at radius 3 is 2.20 bits per heavy atom. The van der Waals surface area contributed by atoms with E-state index in [0.717, 1.165) is 11.1 Å². The monoisotopic (exact) mass is 228 g/mol. The summed E-state index contributed by atoms with van der Waals surface area (Å²) in [5, 5.41) is 0. The highest BCUT2D eigenvalue weighted by molar-refractivity contribution is 7.86. The Morgan fingerprint density at radius 2 is 1.73 bits per heavy atom. The van der Waals surface area contributed by atoms with Crippen molar-refractivity contribution in [1.29, 1.82) is 0 Å². The zero-order valence-corrected chi connectivity index (χ0v) is 10.1. The Morgan fingerprint density at radius 1 is 1.20 bits per heavy atom. The third kappa shape index (κ3) is 2.79. The summed E-state index contributed by atoms with van der Waals surface area (Å²) in [5.74, 6) is 0. The summed E-state index contributed by atoms with van der Waals surface area (Å²) in [6.45, 7) is 5.65. The van der Waals surface area contributed by atoms with Gasteiger partial charge in [-0.25, -0.2) is 0 Å². The van der Waals surface area contributed by atoms with Gasteiger partial charge in [0, 0.05) is 0 Å². The van der Waals surface area contributed by atoms with Gasteiger partial charge in [-0.3, -0.25) is 4.18 Å². The van der Waals surface area contributed by atoms with Crippen LogP contribution in [0.3, 0.4) is 0 Å². The molecule has 0 aliphatic carbocycles. The Balaban J connectivity index is 3.15. The van der Waals surface area contributed by atoms with E-state index in [1.165, 1.54) is 0 Å². The van der Waals surface area contributed by atoms with Crippen LogP contribution >= 0.6 is 0 Å². The maximum atomic E-state index is 11.8. The molecular weight excluding hydrogens is 212 g/mol. The van der Waals surface area contributed by atoms with Crippen LogP contribution in [-0.2, 0) is 14.3 Å². The van der Waals surface area contributed by atoms with Gasteiger partial charge in [-0.05, 0) is 31.4 Å². The molecule has 0 saturated heterocycles. The molecule has 0 spiro atoms. The molecule has 84 valence electrons. The van der Waals surface area contributed by atoms with Crippen LogP contribution in [0.1, 0.15) is 24.5 Å². The minimum Gasteiger partial charge on any atom is -0.266 e. The average molecular weight is 228 g/mol. The van der Waals surface area contributed by atoms with E-state index in [-0.39, 0.29) is 6.61 Å². The van der Waals surface area contributed by atoms with Crippen LogP contribution < -0.4 is 0 Å². The van der Waals surface area contributed by atoms with Gasteiger partial charge in [0.05, 0.1) is 11.5 Å². The standard InChI is InChI=1S/C11H16O3S/c1-4-8-14-15(12,13)11-9(2)6-5-7-10(11)3/h5-7H,4,8H2,1-3H3. The highest BCUT2D eigenvalue weighted by Gasteiger charge is 2.19. The molecule has 0 atom stereocenters. The van der Waals surface area contributed by atoms with E-state index >= 15 is 0 Å². The molecule has 1 aromatic carbocycles. The van der Waals surface area contributed by atoms with Crippen molar-refractivity contribution >= 4 is 10.1 Å². The molecule has 4 heteroatoms. The van der Waals surface area contributed by atoms with Crippen LogP contribution in [0, 0.1) is 13.8 Å². The summed E-state index contributed by atoms with van der Waals surface area (Å²) in [6, 6.07) is 5.38. The summed E-state index contributed by atoms with van der Waals surface area (Å²) >= 11 is 0. The first-order valence-corrected chi connectivity index (χ1v) is 6.35. The predicted molar refractivity (Wildman–Crippen MR) is 59.3 cm³/mol. The van der Waals surface area contributed by atoms with Gasteiger partial charge in [-0.2, -0.15) is 8.42 Å². The summed E-state index contributed by atoms with van der Waals surface area (Å²) in [5.41, 5.74) is 1.46. The van der Waals surface area contributed by atoms with Crippen molar-refractivity contribution in [1.82, 2.24) is 0 Å². The average Bonchev–Trinajstić information content (AvgIpc) is 2.14. The lowest BCUT2D eigenvalue weighted by atomic mass is 10.2. The van der Waals surface area contributed by atoms with Gasteiger partial charge in [0.15, 0.2) is 0 Å². The summed E-state index contributed by atoms with van der Waals surface area (Å²) in [6.07, 6.45) is 0.685. The van der Waals surface area contributed by atoms with E-state index in [0.29, 0.717) is 11.3 Å². The lowest BCUT2D eigenvalue weighted by Crippen LogP contribution is -2.10. The van der Waals surface area contributed by atoms with Crippen LogP contribution in [-0.4, -0.2) is 15.0 Å². The van der Waals surface area contributed by atoms with Crippen LogP contribution in [0.5, 0.6) is 0 Å². The molecule has 3 nitrogen and oxygen atoms in total. The smallest absolute Gasteiger partial charge is 0.266 e. The third-order valence-electron chi connectivity index (χ3n) is 2.10. The topological polar surface area (TPSA) is 43.4 Å². The van der Waals surface area contributed by atoms with Crippen molar-refractivity contribution in [3.8, 4) is 0 Å². The number of hydrogen-bond acceptors (Lipinski definition) is 3. The zero-order chi connectivity index (χ0) is 11.5. The molecule has 15 heavy (non-hydrogen) atoms. The Kier molecular flexibility index (Phi) is 3.88. The largest absolute Gasteiger partial charge is 0.297 e. The molecule has 0 saturated carbocycles. The maximum Gasteiger partial charge on any atom is 0.297 e. The van der Waals surface area contributed by atoms with Crippen molar-refractivity contribution in [2.24, 2.45) is 0 Å². The first-order valence-electron chi connectivity index (χ1n) is 4.94. The van der Waals surface area contributed by atoms with Crippen LogP contribution in [0.4, 0.5) is 0 Å². The van der Waals surface area contributed by atoms with Gasteiger partial charge in [-0.15, -0.1) is 0 Å². The van der Waals surface area contributed by atoms with Crippen molar-refractivity contribution in [3.05, 3.63) is 29.3 Å². The van der Waals surface area contributed by atoms with E-state index in [2.05, 4.69) is 0 Å². The Hall–Kier alpha value is -0.870. The maximum absolute atomic E-state index is 11.8. The molecule has 0 aliphatic heterocycles. The highest BCUT2D eigenvalue weighted by Crippen LogP contribution is 2.21. The van der Waals surface area contributed by atoms with Gasteiger partial charge < -0.3 is 0 Å². The second kappa shape index (κ2) is 4.77. The lowest BCUT2D eigenvalue weighted by molar-refractivity contribution is 0.317. The molecule has 0 unspecified atom stereocenters. The molecule has 0 radical (unpaired) electrons. The first kappa shape index (κ1) is 12.2. The minimum absolute atomic E-state index is 0.232. The van der Waals surface area contributed by atoms with Crippen molar-refractivity contribution in [3.63, 3.8) is 0 Å². The second-order valence-corrected chi connectivity index (χ2v) is 5.05. The van der Waals surface area contributed by atoms with Crippen molar-refractivity contribution < 1.29 is 12.6 Å². The van der Waals surface area contributed by atoms with Crippen molar-refractivity contribution in [2.75, 3.05) is 6.61 Å². The molecule has 0 aliphatic rings. The van der Waals surface area contributed by atoms with E-state index in [1.54, 1.807) is 26.0 Å². The normalized spacial score (nSPS) is 11.7. The fourth-order valence-electron chi connectivity index (χ4n) is 1.45. The highest BCUT2D eigenvalue weighted by atomic mass is 32.2. The lowest BCUT2D eigenvalue weighted by Gasteiger charge is -2.09. The first-order chi connectivity index (χ1) is 6.99. The van der Waals surface area contributed by atoms with Gasteiger partial charge in [0.1, 0.15) is 0 Å². The zero-order valence-electron chi connectivity index (χ0n) is 9.28. The number of rotatable bonds is 4. The van der Waals surface area contributed by atoms with Crippen molar-refractivity contribution in [2.45, 2.75) is 32.1 Å². The number of benzene rings is 1. The molecule has 0 heterocycles. The molecule has 0 aromatic heterocycles. The second-order valence-electron chi connectivity index (χ2n) is 3.50. The fraction of sp³-hybridized carbons (Fsp3) is 0.455. The van der Waals surface area contributed by atoms with Gasteiger partial charge >= 0.3 is 0 Å². The predicted octanol–water partition coefficient (Wildman–Crippen LogP) is 2.42. The molecule has 1 rings (SSSR count). The minimum atomic E-state index is -3.58. The molecule has 0 bridgehead atoms. The Bertz CT molecular complexity index is 415. The molecular formula is C11H16O3S. The molecule has 0 fully saturated rings. The van der Waals surface area contributed by atoms with Crippen LogP contribution in [0.25, 0.3) is 0 Å². The Labute approximate surface area is 91.2 Å². The summed E-state index contributed by atoms with van der Waals surface area (Å²) in [7, 11) is -3.58. The summed E-state index contributed by atoms with van der Waals surface area (Å²) in [4.78, 5) is 0.304. The van der Waals surface area contributed by atoms with Crippen LogP contribution in [0.2, 0.25) is 0 Å². The van der Waals surface area contributed by atoms with E-state index in [4.69, 9.17) is 4.18 Å². The number of aryl methyl sites for hydroxylation is 2. The third-order valence-corrected chi connectivity index (χ3v) is 3.72. The van der Waals surface area contributed by atoms with Gasteiger partial charge in [0.25, 0.3) is 10.1 Å². The van der Waals surface area contributed by atoms with Gasteiger partial charge in [-0.1, -0.05) is 25.1 Å². The molecule has 0 amide bonds. The molecule has 1 aromatic rings. The van der Waals surface area contributed by atoms with E-state index in [9.17, 15) is 8.42 Å².